The first-order chi connectivity index (χ1) is 18.3. The Balaban J connectivity index is 1.64. The summed E-state index contributed by atoms with van der Waals surface area (Å²) in [6, 6.07) is 13.6. The van der Waals surface area contributed by atoms with E-state index in [1.807, 2.05) is 13.0 Å². The minimum absolute atomic E-state index is 0.0737. The second-order valence-electron chi connectivity index (χ2n) is 8.59. The van der Waals surface area contributed by atoms with E-state index >= 15 is 0 Å². The SMILES string of the molecule is CCOC(=O)Cc1ccc(OCC)c(-c2ccc(F)c3c2CN(C(=O)Oc2ccc([N+](=O)[O-])cc2)CC3)c1. The highest BCUT2D eigenvalue weighted by Crippen LogP contribution is 2.38. The highest BCUT2D eigenvalue weighted by Gasteiger charge is 2.28. The van der Waals surface area contributed by atoms with Crippen LogP contribution in [0.3, 0.4) is 0 Å². The lowest BCUT2D eigenvalue weighted by Gasteiger charge is -2.30. The van der Waals surface area contributed by atoms with Gasteiger partial charge in [0.2, 0.25) is 0 Å². The highest BCUT2D eigenvalue weighted by molar-refractivity contribution is 5.79. The molecule has 0 bridgehead atoms. The number of nitro groups is 1. The summed E-state index contributed by atoms with van der Waals surface area (Å²) in [5, 5.41) is 10.9. The van der Waals surface area contributed by atoms with E-state index in [0.717, 1.165) is 0 Å². The number of rotatable bonds is 8. The molecule has 3 aromatic carbocycles. The molecule has 0 aromatic heterocycles. The first-order valence-corrected chi connectivity index (χ1v) is 12.2. The topological polar surface area (TPSA) is 108 Å². The number of ether oxygens (including phenoxy) is 3. The van der Waals surface area contributed by atoms with Crippen molar-refractivity contribution < 1.29 is 33.1 Å². The molecule has 38 heavy (non-hydrogen) atoms. The van der Waals surface area contributed by atoms with Crippen molar-refractivity contribution in [1.82, 2.24) is 4.90 Å². The van der Waals surface area contributed by atoms with E-state index in [4.69, 9.17) is 14.2 Å². The highest BCUT2D eigenvalue weighted by atomic mass is 19.1. The second-order valence-corrected chi connectivity index (χ2v) is 8.59. The molecule has 1 aliphatic rings. The first-order valence-electron chi connectivity index (χ1n) is 12.2. The van der Waals surface area contributed by atoms with Crippen LogP contribution in [-0.4, -0.2) is 41.6 Å². The molecular formula is C28H27FN2O7. The zero-order chi connectivity index (χ0) is 27.2. The largest absolute Gasteiger partial charge is 0.493 e. The summed E-state index contributed by atoms with van der Waals surface area (Å²) >= 11 is 0. The van der Waals surface area contributed by atoms with Gasteiger partial charge in [0.05, 0.1) is 31.1 Å². The van der Waals surface area contributed by atoms with Gasteiger partial charge in [0.1, 0.15) is 17.3 Å². The Hall–Kier alpha value is -4.47. The average Bonchev–Trinajstić information content (AvgIpc) is 2.90. The Morgan fingerprint density at radius 1 is 1.00 bits per heavy atom. The van der Waals surface area contributed by atoms with Crippen LogP contribution in [0.1, 0.15) is 30.5 Å². The fraction of sp³-hybridized carbons (Fsp3) is 0.286. The van der Waals surface area contributed by atoms with Crippen molar-refractivity contribution in [2.45, 2.75) is 33.2 Å². The molecule has 9 nitrogen and oxygen atoms in total. The second kappa shape index (κ2) is 11.7. The summed E-state index contributed by atoms with van der Waals surface area (Å²) < 4.78 is 31.2. The molecule has 0 aliphatic carbocycles. The molecule has 0 saturated carbocycles. The third-order valence-corrected chi connectivity index (χ3v) is 6.15. The number of carbonyl (C=O) groups excluding carboxylic acids is 2. The molecule has 198 valence electrons. The Morgan fingerprint density at radius 3 is 2.45 bits per heavy atom. The molecule has 4 rings (SSSR count). The molecule has 3 aromatic rings. The summed E-state index contributed by atoms with van der Waals surface area (Å²) in [6.45, 7) is 4.60. The smallest absolute Gasteiger partial charge is 0.415 e. The van der Waals surface area contributed by atoms with E-state index in [-0.39, 0.29) is 55.8 Å². The molecule has 0 fully saturated rings. The van der Waals surface area contributed by atoms with Crippen molar-refractivity contribution in [1.29, 1.82) is 0 Å². The Labute approximate surface area is 218 Å². The normalized spacial score (nSPS) is 12.4. The van der Waals surface area contributed by atoms with Crippen molar-refractivity contribution in [3.8, 4) is 22.6 Å². The van der Waals surface area contributed by atoms with Crippen LogP contribution >= 0.6 is 0 Å². The predicted molar refractivity (Wildman–Crippen MR) is 137 cm³/mol. The number of benzene rings is 3. The maximum Gasteiger partial charge on any atom is 0.415 e. The van der Waals surface area contributed by atoms with Gasteiger partial charge in [-0.3, -0.25) is 14.9 Å². The minimum Gasteiger partial charge on any atom is -0.493 e. The lowest BCUT2D eigenvalue weighted by molar-refractivity contribution is -0.384. The molecule has 1 aliphatic heterocycles. The third kappa shape index (κ3) is 5.91. The first kappa shape index (κ1) is 26.6. The maximum atomic E-state index is 14.8. The Kier molecular flexibility index (Phi) is 8.20. The number of amides is 1. The molecule has 0 radical (unpaired) electrons. The molecule has 10 heteroatoms. The van der Waals surface area contributed by atoms with Crippen molar-refractivity contribution in [2.75, 3.05) is 19.8 Å². The summed E-state index contributed by atoms with van der Waals surface area (Å²) in [5.41, 5.74) is 3.07. The molecule has 0 spiro atoms. The number of hydrogen-bond donors (Lipinski definition) is 0. The van der Waals surface area contributed by atoms with Crippen molar-refractivity contribution in [3.63, 3.8) is 0 Å². The number of carbonyl (C=O) groups is 2. The number of halogens is 1. The van der Waals surface area contributed by atoms with E-state index in [2.05, 4.69) is 0 Å². The summed E-state index contributed by atoms with van der Waals surface area (Å²) in [6.07, 6.45) is -0.304. The van der Waals surface area contributed by atoms with Gasteiger partial charge in [0, 0.05) is 24.2 Å². The Bertz CT molecular complexity index is 1360. The van der Waals surface area contributed by atoms with Gasteiger partial charge in [0.15, 0.2) is 0 Å². The molecule has 0 N–H and O–H groups in total. The van der Waals surface area contributed by atoms with Crippen LogP contribution < -0.4 is 9.47 Å². The van der Waals surface area contributed by atoms with Gasteiger partial charge < -0.3 is 19.1 Å². The number of fused-ring (bicyclic) bond motifs is 1. The van der Waals surface area contributed by atoms with E-state index in [1.165, 1.54) is 35.2 Å². The fourth-order valence-corrected chi connectivity index (χ4v) is 4.40. The van der Waals surface area contributed by atoms with Crippen LogP contribution in [0, 0.1) is 15.9 Å². The van der Waals surface area contributed by atoms with Gasteiger partial charge in [-0.1, -0.05) is 12.1 Å². The fourth-order valence-electron chi connectivity index (χ4n) is 4.40. The number of esters is 1. The third-order valence-electron chi connectivity index (χ3n) is 6.15. The predicted octanol–water partition coefficient (Wildman–Crippen LogP) is 5.46. The minimum atomic E-state index is -0.652. The molecule has 0 saturated heterocycles. The van der Waals surface area contributed by atoms with Gasteiger partial charge in [0.25, 0.3) is 5.69 Å². The van der Waals surface area contributed by atoms with Gasteiger partial charge in [-0.15, -0.1) is 0 Å². The number of non-ortho nitro benzene ring substituents is 1. The lowest BCUT2D eigenvalue weighted by atomic mass is 9.89. The van der Waals surface area contributed by atoms with Crippen molar-refractivity contribution in [2.24, 2.45) is 0 Å². The molecule has 0 atom stereocenters. The van der Waals surface area contributed by atoms with E-state index < -0.39 is 11.0 Å². The van der Waals surface area contributed by atoms with E-state index in [9.17, 15) is 24.1 Å². The molecule has 0 unspecified atom stereocenters. The number of nitrogens with zero attached hydrogens (tertiary/aromatic N) is 2. The quantitative estimate of drug-likeness (QED) is 0.220. The molecule has 1 heterocycles. The van der Waals surface area contributed by atoms with Crippen molar-refractivity contribution in [3.05, 3.63) is 87.2 Å². The number of hydrogen-bond acceptors (Lipinski definition) is 7. The van der Waals surface area contributed by atoms with Gasteiger partial charge in [-0.2, -0.15) is 0 Å². The van der Waals surface area contributed by atoms with Crippen LogP contribution in [-0.2, 0) is 28.9 Å². The maximum absolute atomic E-state index is 14.8. The van der Waals surface area contributed by atoms with Crippen LogP contribution in [0.5, 0.6) is 11.5 Å². The van der Waals surface area contributed by atoms with Gasteiger partial charge >= 0.3 is 12.1 Å². The summed E-state index contributed by atoms with van der Waals surface area (Å²) in [5.74, 6) is 0.00680. The van der Waals surface area contributed by atoms with Gasteiger partial charge in [-0.25, -0.2) is 9.18 Å². The van der Waals surface area contributed by atoms with Crippen molar-refractivity contribution >= 4 is 17.7 Å². The van der Waals surface area contributed by atoms with Crippen LogP contribution in [0.25, 0.3) is 11.1 Å². The summed E-state index contributed by atoms with van der Waals surface area (Å²) in [7, 11) is 0. The monoisotopic (exact) mass is 522 g/mol. The average molecular weight is 523 g/mol. The number of nitro benzene ring substituents is 1. The van der Waals surface area contributed by atoms with Gasteiger partial charge in [-0.05, 0) is 72.9 Å². The summed E-state index contributed by atoms with van der Waals surface area (Å²) in [4.78, 5) is 36.8. The zero-order valence-electron chi connectivity index (χ0n) is 21.1. The van der Waals surface area contributed by atoms with Crippen LogP contribution in [0.15, 0.2) is 54.6 Å². The van der Waals surface area contributed by atoms with Crippen LogP contribution in [0.4, 0.5) is 14.9 Å². The molecule has 1 amide bonds. The van der Waals surface area contributed by atoms with E-state index in [1.54, 1.807) is 25.1 Å². The zero-order valence-corrected chi connectivity index (χ0v) is 21.1. The van der Waals surface area contributed by atoms with Crippen LogP contribution in [0.2, 0.25) is 0 Å². The Morgan fingerprint density at radius 2 is 1.76 bits per heavy atom. The standard InChI is InChI=1S/C28H27FN2O7/c1-3-36-26-12-5-18(16-27(32)37-4-2)15-23(26)21-10-11-25(29)22-13-14-30(17-24(21)22)28(33)38-20-8-6-19(7-9-20)31(34)35/h5-12,15H,3-4,13-14,16-17H2,1-2H3. The molecular weight excluding hydrogens is 495 g/mol. The van der Waals surface area contributed by atoms with E-state index in [0.29, 0.717) is 40.2 Å². The lowest BCUT2D eigenvalue weighted by Crippen LogP contribution is -2.38.